The van der Waals surface area contributed by atoms with Crippen LogP contribution in [0.3, 0.4) is 0 Å². The van der Waals surface area contributed by atoms with Gasteiger partial charge in [-0.3, -0.25) is 4.79 Å². The van der Waals surface area contributed by atoms with Gasteiger partial charge in [-0.15, -0.1) is 29.7 Å². The predicted octanol–water partition coefficient (Wildman–Crippen LogP) is 6.51. The zero-order chi connectivity index (χ0) is 22.4. The van der Waals surface area contributed by atoms with Crippen molar-refractivity contribution in [1.82, 2.24) is 0 Å². The Bertz CT molecular complexity index is 1080. The molecule has 0 saturated heterocycles. The summed E-state index contributed by atoms with van der Waals surface area (Å²) in [4.78, 5) is 25.5. The topological polar surface area (TPSA) is 66.4 Å². The molecule has 0 aliphatic carbocycles. The Morgan fingerprint density at radius 2 is 1.81 bits per heavy atom. The number of nitrogens with one attached hydrogen (secondary N) is 1. The summed E-state index contributed by atoms with van der Waals surface area (Å²) in [6.45, 7) is 3.34. The fraction of sp³-hybridized carbons (Fsp3) is 0.130. The largest absolute Gasteiger partial charge is 0.478 e. The van der Waals surface area contributed by atoms with Gasteiger partial charge in [-0.05, 0) is 17.7 Å². The smallest absolute Gasteiger partial charge is 0.339 e. The first-order valence-electron chi connectivity index (χ1n) is 9.24. The van der Waals surface area contributed by atoms with Crippen LogP contribution in [0.15, 0.2) is 77.5 Å². The number of amides is 1. The number of alkyl halides is 2. The zero-order valence-electron chi connectivity index (χ0n) is 16.3. The number of hydrogen-bond acceptors (Lipinski definition) is 4. The maximum Gasteiger partial charge on any atom is 0.339 e. The van der Waals surface area contributed by atoms with Gasteiger partial charge >= 0.3 is 5.97 Å². The Morgan fingerprint density at radius 1 is 1.13 bits per heavy atom. The maximum absolute atomic E-state index is 14.0. The minimum atomic E-state index is -3.04. The van der Waals surface area contributed by atoms with Crippen molar-refractivity contribution in [2.45, 2.75) is 17.2 Å². The van der Waals surface area contributed by atoms with Gasteiger partial charge in [0.15, 0.2) is 0 Å². The normalized spacial score (nSPS) is 11.2. The number of hydrogen-bond donors (Lipinski definition) is 2. The first kappa shape index (κ1) is 22.7. The highest BCUT2D eigenvalue weighted by Crippen LogP contribution is 2.38. The van der Waals surface area contributed by atoms with Crippen molar-refractivity contribution in [3.8, 4) is 10.4 Å². The lowest BCUT2D eigenvalue weighted by atomic mass is 10.0. The molecule has 1 amide bonds. The number of thioether (sulfide) groups is 1. The lowest BCUT2D eigenvalue weighted by molar-refractivity contribution is -0.113. The Morgan fingerprint density at radius 3 is 2.42 bits per heavy atom. The van der Waals surface area contributed by atoms with Gasteiger partial charge in [0.2, 0.25) is 5.91 Å². The molecule has 3 rings (SSSR count). The first-order valence-corrected chi connectivity index (χ1v) is 11.1. The summed E-state index contributed by atoms with van der Waals surface area (Å²) in [5, 5.41) is 13.9. The van der Waals surface area contributed by atoms with E-state index in [9.17, 15) is 23.5 Å². The molecule has 0 radical (unpaired) electrons. The van der Waals surface area contributed by atoms with E-state index in [0.29, 0.717) is 10.4 Å². The van der Waals surface area contributed by atoms with E-state index in [0.717, 1.165) is 22.3 Å². The van der Waals surface area contributed by atoms with Crippen LogP contribution in [0.4, 0.5) is 14.5 Å². The lowest BCUT2D eigenvalue weighted by Crippen LogP contribution is -2.15. The van der Waals surface area contributed by atoms with E-state index in [2.05, 4.69) is 11.9 Å². The fourth-order valence-electron chi connectivity index (χ4n) is 2.89. The summed E-state index contributed by atoms with van der Waals surface area (Å²) >= 11 is 2.47. The van der Waals surface area contributed by atoms with Gasteiger partial charge in [-0.25, -0.2) is 13.6 Å². The second-order valence-electron chi connectivity index (χ2n) is 6.58. The molecule has 0 atom stereocenters. The Kier molecular flexibility index (Phi) is 7.25. The summed E-state index contributed by atoms with van der Waals surface area (Å²) in [6.07, 6.45) is 0.670. The number of benzene rings is 2. The van der Waals surface area contributed by atoms with E-state index in [1.54, 1.807) is 5.38 Å². The number of anilines is 1. The third kappa shape index (κ3) is 5.59. The molecule has 0 unspecified atom stereocenters. The van der Waals surface area contributed by atoms with Crippen molar-refractivity contribution >= 4 is 40.7 Å². The van der Waals surface area contributed by atoms with Crippen LogP contribution in [0.5, 0.6) is 0 Å². The van der Waals surface area contributed by atoms with Gasteiger partial charge in [-0.1, -0.05) is 48.5 Å². The summed E-state index contributed by atoms with van der Waals surface area (Å²) in [5.41, 5.74) is 0.441. The number of carboxylic acids is 1. The highest BCUT2D eigenvalue weighted by Gasteiger charge is 2.30. The molecule has 0 bridgehead atoms. The molecule has 31 heavy (non-hydrogen) atoms. The number of halogens is 2. The van der Waals surface area contributed by atoms with Gasteiger partial charge in [-0.2, -0.15) is 0 Å². The molecule has 2 aromatic carbocycles. The summed E-state index contributed by atoms with van der Waals surface area (Å²) in [5.74, 6) is -4.45. The molecule has 0 aliphatic rings. The molecule has 160 valence electrons. The molecule has 0 spiro atoms. The van der Waals surface area contributed by atoms with Gasteiger partial charge in [0.05, 0.1) is 16.3 Å². The van der Waals surface area contributed by atoms with Crippen LogP contribution in [0.1, 0.15) is 22.3 Å². The Labute approximate surface area is 186 Å². The van der Waals surface area contributed by atoms with Crippen LogP contribution in [-0.2, 0) is 10.7 Å². The number of carboxylic acid groups (broad SMARTS) is 1. The third-order valence-corrected chi connectivity index (χ3v) is 6.40. The fourth-order valence-corrected chi connectivity index (χ4v) is 4.61. The van der Waals surface area contributed by atoms with E-state index in [4.69, 9.17) is 0 Å². The molecule has 1 heterocycles. The number of carbonyl (C=O) groups excluding carboxylic acids is 1. The minimum absolute atomic E-state index is 0.0614. The summed E-state index contributed by atoms with van der Waals surface area (Å²) in [7, 11) is 0. The zero-order valence-corrected chi connectivity index (χ0v) is 17.9. The molecule has 3 aromatic rings. The highest BCUT2D eigenvalue weighted by molar-refractivity contribution is 8.00. The van der Waals surface area contributed by atoms with Gasteiger partial charge in [0, 0.05) is 22.3 Å². The molecule has 0 fully saturated rings. The Hall–Kier alpha value is -2.97. The van der Waals surface area contributed by atoms with Crippen LogP contribution >= 0.6 is 23.1 Å². The van der Waals surface area contributed by atoms with E-state index < -0.39 is 18.3 Å². The molecule has 0 aliphatic heterocycles. The minimum Gasteiger partial charge on any atom is -0.478 e. The van der Waals surface area contributed by atoms with Crippen molar-refractivity contribution in [3.63, 3.8) is 0 Å². The first-order chi connectivity index (χ1) is 14.8. The molecule has 1 aromatic heterocycles. The second-order valence-corrected chi connectivity index (χ2v) is 8.51. The van der Waals surface area contributed by atoms with Crippen molar-refractivity contribution in [3.05, 3.63) is 83.8 Å². The second kappa shape index (κ2) is 9.89. The van der Waals surface area contributed by atoms with Crippen molar-refractivity contribution in [1.29, 1.82) is 0 Å². The number of rotatable bonds is 9. The standard InChI is InChI=1S/C23H19F2NO3S2/c1-2-12-23(24,25)16-10-8-15(9-11-16)21-20(22(28)29)18(13-31-21)26-19(27)14-30-17-6-4-3-5-7-17/h2-11,13H,1,12,14H2,(H,26,27)(H,28,29). The summed E-state index contributed by atoms with van der Waals surface area (Å²) < 4.78 is 28.1. The van der Waals surface area contributed by atoms with E-state index in [1.807, 2.05) is 30.3 Å². The van der Waals surface area contributed by atoms with Crippen molar-refractivity contribution in [2.75, 3.05) is 11.1 Å². The van der Waals surface area contributed by atoms with Gasteiger partial charge < -0.3 is 10.4 Å². The highest BCUT2D eigenvalue weighted by atomic mass is 32.2. The van der Waals surface area contributed by atoms with Crippen LogP contribution in [0.2, 0.25) is 0 Å². The van der Waals surface area contributed by atoms with Crippen LogP contribution in [0.25, 0.3) is 10.4 Å². The molecular weight excluding hydrogens is 440 g/mol. The predicted molar refractivity (Wildman–Crippen MR) is 121 cm³/mol. The Balaban J connectivity index is 1.78. The monoisotopic (exact) mass is 459 g/mol. The quantitative estimate of drug-likeness (QED) is 0.283. The van der Waals surface area contributed by atoms with Gasteiger partial charge in [0.25, 0.3) is 5.92 Å². The molecule has 0 saturated carbocycles. The number of aromatic carboxylic acids is 1. The number of allylic oxidation sites excluding steroid dienone is 1. The van der Waals surface area contributed by atoms with Crippen molar-refractivity contribution in [2.24, 2.45) is 0 Å². The molecule has 2 N–H and O–H groups in total. The van der Waals surface area contributed by atoms with Crippen LogP contribution in [0, 0.1) is 0 Å². The molecular formula is C23H19F2NO3S2. The van der Waals surface area contributed by atoms with E-state index >= 15 is 0 Å². The lowest BCUT2D eigenvalue weighted by Gasteiger charge is -2.15. The SMILES string of the molecule is C=CCC(F)(F)c1ccc(-c2scc(NC(=O)CSc3ccccc3)c2C(=O)O)cc1. The molecule has 4 nitrogen and oxygen atoms in total. The van der Waals surface area contributed by atoms with Crippen molar-refractivity contribution < 1.29 is 23.5 Å². The van der Waals surface area contributed by atoms with Crippen LogP contribution in [-0.4, -0.2) is 22.7 Å². The average Bonchev–Trinajstić information content (AvgIpc) is 3.17. The number of carbonyl (C=O) groups is 2. The summed E-state index contributed by atoms with van der Waals surface area (Å²) in [6, 6.07) is 14.8. The number of thiophene rings is 1. The van der Waals surface area contributed by atoms with Gasteiger partial charge in [0.1, 0.15) is 5.56 Å². The third-order valence-electron chi connectivity index (χ3n) is 4.36. The average molecular weight is 460 g/mol. The molecule has 8 heteroatoms. The van der Waals surface area contributed by atoms with E-state index in [-0.39, 0.29) is 28.5 Å². The van der Waals surface area contributed by atoms with Crippen LogP contribution < -0.4 is 5.32 Å². The maximum atomic E-state index is 14.0. The van der Waals surface area contributed by atoms with E-state index in [1.165, 1.54) is 36.0 Å².